The summed E-state index contributed by atoms with van der Waals surface area (Å²) in [6.45, 7) is 4.69. The highest BCUT2D eigenvalue weighted by molar-refractivity contribution is 7.01. The normalized spacial score (nSPS) is 11.6. The number of ether oxygens (including phenoxy) is 1. The van der Waals surface area contributed by atoms with Crippen LogP contribution in [-0.2, 0) is 9.53 Å². The quantitative estimate of drug-likeness (QED) is 0.338. The molecule has 2 rings (SSSR count). The average molecular weight is 324 g/mol. The van der Waals surface area contributed by atoms with Crippen LogP contribution >= 0.6 is 0 Å². The van der Waals surface area contributed by atoms with Gasteiger partial charge in [-0.3, -0.25) is 0 Å². The van der Waals surface area contributed by atoms with Crippen LogP contribution in [0.15, 0.2) is 72.8 Å². The summed E-state index contributed by atoms with van der Waals surface area (Å²) in [7, 11) is -1.80. The third kappa shape index (κ3) is 4.67. The fraction of sp³-hybridized carbons (Fsp3) is 0.250. The minimum Gasteiger partial charge on any atom is -0.463 e. The molecule has 0 radical (unpaired) electrons. The van der Waals surface area contributed by atoms with Gasteiger partial charge in [-0.05, 0) is 19.4 Å². The van der Waals surface area contributed by atoms with Crippen LogP contribution in [0.2, 0.25) is 12.6 Å². The Morgan fingerprint density at radius 2 is 1.52 bits per heavy atom. The maximum atomic E-state index is 11.4. The second kappa shape index (κ2) is 8.49. The van der Waals surface area contributed by atoms with E-state index in [9.17, 15) is 4.79 Å². The van der Waals surface area contributed by atoms with E-state index < -0.39 is 8.07 Å². The van der Waals surface area contributed by atoms with Crippen molar-refractivity contribution in [1.82, 2.24) is 0 Å². The zero-order valence-corrected chi connectivity index (χ0v) is 14.9. The lowest BCUT2D eigenvalue weighted by Gasteiger charge is -2.28. The number of carbonyl (C=O) groups is 1. The average Bonchev–Trinajstić information content (AvgIpc) is 2.60. The predicted octanol–water partition coefficient (Wildman–Crippen LogP) is 3.39. The van der Waals surface area contributed by atoms with Crippen molar-refractivity contribution in [3.63, 3.8) is 0 Å². The lowest BCUT2D eigenvalue weighted by atomic mass is 10.4. The molecule has 0 N–H and O–H groups in total. The van der Waals surface area contributed by atoms with E-state index in [2.05, 4.69) is 67.2 Å². The van der Waals surface area contributed by atoms with E-state index in [-0.39, 0.29) is 5.97 Å². The molecule has 0 spiro atoms. The summed E-state index contributed by atoms with van der Waals surface area (Å²) in [6.07, 6.45) is 4.05. The van der Waals surface area contributed by atoms with E-state index in [1.165, 1.54) is 16.4 Å². The number of hydrogen-bond donors (Lipinski definition) is 0. The standard InChI is InChI=1S/C20H24O2Si/c1-3-11-20(21)22-16-10-17-23(2,18-12-6-4-7-13-18)19-14-8-5-9-15-19/h3-9,11-15H,10,16-17H2,1-2H3. The molecule has 0 saturated heterocycles. The molecule has 0 aromatic heterocycles. The third-order valence-corrected chi connectivity index (χ3v) is 8.76. The van der Waals surface area contributed by atoms with Crippen molar-refractivity contribution < 1.29 is 9.53 Å². The maximum Gasteiger partial charge on any atom is 0.330 e. The van der Waals surface area contributed by atoms with Crippen LogP contribution < -0.4 is 10.4 Å². The second-order valence-corrected chi connectivity index (χ2v) is 10.2. The smallest absolute Gasteiger partial charge is 0.330 e. The van der Waals surface area contributed by atoms with Crippen molar-refractivity contribution in [3.8, 4) is 0 Å². The van der Waals surface area contributed by atoms with E-state index in [1.54, 1.807) is 6.08 Å². The Morgan fingerprint density at radius 3 is 2.00 bits per heavy atom. The Bertz CT molecular complexity index is 596. The summed E-state index contributed by atoms with van der Waals surface area (Å²) in [5.41, 5.74) is 0. The van der Waals surface area contributed by atoms with Gasteiger partial charge in [0.1, 0.15) is 8.07 Å². The molecular weight excluding hydrogens is 300 g/mol. The van der Waals surface area contributed by atoms with Gasteiger partial charge in [-0.1, -0.05) is 83.7 Å². The van der Waals surface area contributed by atoms with Crippen LogP contribution in [-0.4, -0.2) is 20.7 Å². The van der Waals surface area contributed by atoms with Crippen LogP contribution in [0.25, 0.3) is 0 Å². The van der Waals surface area contributed by atoms with Gasteiger partial charge in [0.25, 0.3) is 0 Å². The molecule has 0 amide bonds. The zero-order chi connectivity index (χ0) is 16.5. The van der Waals surface area contributed by atoms with Crippen molar-refractivity contribution in [2.75, 3.05) is 6.61 Å². The summed E-state index contributed by atoms with van der Waals surface area (Å²) < 4.78 is 5.25. The molecule has 3 heteroatoms. The number of allylic oxidation sites excluding steroid dienone is 1. The van der Waals surface area contributed by atoms with E-state index in [1.807, 2.05) is 6.92 Å². The van der Waals surface area contributed by atoms with Gasteiger partial charge in [0.2, 0.25) is 0 Å². The molecule has 0 aliphatic carbocycles. The first-order valence-corrected chi connectivity index (χ1v) is 10.8. The van der Waals surface area contributed by atoms with Crippen LogP contribution in [0, 0.1) is 0 Å². The van der Waals surface area contributed by atoms with Gasteiger partial charge in [-0.2, -0.15) is 0 Å². The van der Waals surface area contributed by atoms with Crippen LogP contribution in [0.5, 0.6) is 0 Å². The first-order chi connectivity index (χ1) is 11.2. The molecule has 0 atom stereocenters. The van der Waals surface area contributed by atoms with E-state index >= 15 is 0 Å². The molecule has 0 heterocycles. The van der Waals surface area contributed by atoms with Crippen LogP contribution in [0.3, 0.4) is 0 Å². The number of hydrogen-bond acceptors (Lipinski definition) is 2. The van der Waals surface area contributed by atoms with Gasteiger partial charge in [0.15, 0.2) is 0 Å². The van der Waals surface area contributed by atoms with E-state index in [0.29, 0.717) is 6.61 Å². The molecule has 0 saturated carbocycles. The Hall–Kier alpha value is -2.13. The summed E-state index contributed by atoms with van der Waals surface area (Å²) in [5, 5.41) is 2.84. The Labute approximate surface area is 139 Å². The van der Waals surface area contributed by atoms with Gasteiger partial charge in [-0.25, -0.2) is 4.79 Å². The summed E-state index contributed by atoms with van der Waals surface area (Å²) >= 11 is 0. The summed E-state index contributed by atoms with van der Waals surface area (Å²) in [4.78, 5) is 11.4. The van der Waals surface area contributed by atoms with Gasteiger partial charge in [0.05, 0.1) is 6.61 Å². The molecule has 23 heavy (non-hydrogen) atoms. The lowest BCUT2D eigenvalue weighted by Crippen LogP contribution is -2.55. The number of rotatable bonds is 7. The molecule has 2 nitrogen and oxygen atoms in total. The SMILES string of the molecule is CC=CC(=O)OCCC[Si](C)(c1ccccc1)c1ccccc1. The molecule has 120 valence electrons. The van der Waals surface area contributed by atoms with Crippen molar-refractivity contribution in [1.29, 1.82) is 0 Å². The molecule has 0 unspecified atom stereocenters. The summed E-state index contributed by atoms with van der Waals surface area (Å²) in [5.74, 6) is -0.254. The van der Waals surface area contributed by atoms with Gasteiger partial charge < -0.3 is 4.74 Å². The topological polar surface area (TPSA) is 26.3 Å². The van der Waals surface area contributed by atoms with Gasteiger partial charge in [0, 0.05) is 6.08 Å². The van der Waals surface area contributed by atoms with Crippen molar-refractivity contribution in [2.24, 2.45) is 0 Å². The highest BCUT2D eigenvalue weighted by Crippen LogP contribution is 2.14. The monoisotopic (exact) mass is 324 g/mol. The van der Waals surface area contributed by atoms with Crippen LogP contribution in [0.4, 0.5) is 0 Å². The van der Waals surface area contributed by atoms with Crippen molar-refractivity contribution in [2.45, 2.75) is 25.9 Å². The Balaban J connectivity index is 2.11. The third-order valence-electron chi connectivity index (χ3n) is 4.19. The molecule has 0 aliphatic rings. The number of esters is 1. The summed E-state index contributed by atoms with van der Waals surface area (Å²) in [6, 6.07) is 22.5. The molecule has 0 bridgehead atoms. The molecule has 0 aliphatic heterocycles. The van der Waals surface area contributed by atoms with Crippen LogP contribution in [0.1, 0.15) is 13.3 Å². The van der Waals surface area contributed by atoms with Crippen molar-refractivity contribution >= 4 is 24.4 Å². The predicted molar refractivity (Wildman–Crippen MR) is 99.0 cm³/mol. The Kier molecular flexibility index (Phi) is 6.36. The Morgan fingerprint density at radius 1 is 1.00 bits per heavy atom. The number of carbonyl (C=O) groups excluding carboxylic acids is 1. The highest BCUT2D eigenvalue weighted by atomic mass is 28.3. The minimum absolute atomic E-state index is 0.254. The molecule has 2 aromatic carbocycles. The number of benzene rings is 2. The second-order valence-electron chi connectivity index (χ2n) is 5.84. The van der Waals surface area contributed by atoms with E-state index in [0.717, 1.165) is 12.5 Å². The van der Waals surface area contributed by atoms with Gasteiger partial charge in [-0.15, -0.1) is 0 Å². The van der Waals surface area contributed by atoms with E-state index in [4.69, 9.17) is 4.74 Å². The molecule has 0 fully saturated rings. The zero-order valence-electron chi connectivity index (χ0n) is 13.9. The largest absolute Gasteiger partial charge is 0.463 e. The van der Waals surface area contributed by atoms with Crippen molar-refractivity contribution in [3.05, 3.63) is 72.8 Å². The maximum absolute atomic E-state index is 11.4. The first kappa shape index (κ1) is 17.2. The molecule has 2 aromatic rings. The fourth-order valence-electron chi connectivity index (χ4n) is 2.85. The molecular formula is C20H24O2Si. The fourth-order valence-corrected chi connectivity index (χ4v) is 6.47. The minimum atomic E-state index is -1.80. The lowest BCUT2D eigenvalue weighted by molar-refractivity contribution is -0.137. The first-order valence-electron chi connectivity index (χ1n) is 8.07. The highest BCUT2D eigenvalue weighted by Gasteiger charge is 2.30. The van der Waals surface area contributed by atoms with Gasteiger partial charge >= 0.3 is 5.97 Å².